The molecule has 0 spiro atoms. The van der Waals surface area contributed by atoms with Crippen LogP contribution in [-0.2, 0) is 61.7 Å². The summed E-state index contributed by atoms with van der Waals surface area (Å²) >= 11 is 0. The van der Waals surface area contributed by atoms with Crippen molar-refractivity contribution in [3.63, 3.8) is 0 Å². The van der Waals surface area contributed by atoms with Crippen LogP contribution in [0.15, 0.2) is 178 Å². The molecule has 6 heterocycles. The average molecular weight is 1000 g/mol. The van der Waals surface area contributed by atoms with Gasteiger partial charge in [0.25, 0.3) is 0 Å². The van der Waals surface area contributed by atoms with Crippen LogP contribution in [0.5, 0.6) is 0 Å². The summed E-state index contributed by atoms with van der Waals surface area (Å²) in [5.41, 5.74) is 7.93. The molecule has 18 heteroatoms. The van der Waals surface area contributed by atoms with Gasteiger partial charge in [0.15, 0.2) is 0 Å². The smallest absolute Gasteiger partial charge is 0.474 e. The summed E-state index contributed by atoms with van der Waals surface area (Å²) in [5, 5.41) is 0. The molecule has 0 N–H and O–H groups in total. The van der Waals surface area contributed by atoms with Gasteiger partial charge >= 0.3 is 50.1 Å². The van der Waals surface area contributed by atoms with Crippen LogP contribution >= 0.6 is 7.81 Å². The Hall–Kier alpha value is -6.41. The molecule has 0 unspecified atom stereocenters. The molecule has 6 aromatic rings. The van der Waals surface area contributed by atoms with Crippen molar-refractivity contribution in [1.29, 1.82) is 0 Å². The summed E-state index contributed by atoms with van der Waals surface area (Å²) in [4.78, 5) is 28.4. The first-order valence-electron chi connectivity index (χ1n) is 21.6. The number of hydrogen-bond donors (Lipinski definition) is 0. The van der Waals surface area contributed by atoms with Crippen LogP contribution in [0.1, 0.15) is 45.0 Å². The van der Waals surface area contributed by atoms with Gasteiger partial charge in [-0.25, -0.2) is 29.9 Å². The van der Waals surface area contributed by atoms with Crippen molar-refractivity contribution in [2.75, 3.05) is 26.4 Å². The topological polar surface area (TPSA) is 112 Å². The van der Waals surface area contributed by atoms with E-state index in [9.17, 15) is 25.2 Å². The molecule has 2 aromatic heterocycles. The molecule has 4 aliphatic rings. The van der Waals surface area contributed by atoms with Crippen molar-refractivity contribution in [1.82, 2.24) is 9.97 Å². The summed E-state index contributed by atoms with van der Waals surface area (Å²) in [5.74, 6) is 2.38. The van der Waals surface area contributed by atoms with Gasteiger partial charge in [-0.15, -0.1) is 0 Å². The molecule has 0 radical (unpaired) electrons. The van der Waals surface area contributed by atoms with Crippen LogP contribution in [0.3, 0.4) is 0 Å². The summed E-state index contributed by atoms with van der Waals surface area (Å²) in [6.45, 7) is 2.30. The SMILES string of the molecule is F[P-](F)(F)(F)(F)F.[Cu+].c1ccc(C[C@@H]2COC(c3cccc(C4=N[C@H](Cc5ccccc5)CO4)n3)=N2)cc1.c1ccc(C[C@@H]2COC(c3cccc(C4=N[C@H](Cc5ccccc5)CO4)n3)=N2)cc1. The van der Waals surface area contributed by atoms with Gasteiger partial charge in [0.05, 0.1) is 24.2 Å². The summed E-state index contributed by atoms with van der Waals surface area (Å²) in [6, 6.07) is 53.5. The van der Waals surface area contributed by atoms with Gasteiger partial charge in [0.2, 0.25) is 23.6 Å². The van der Waals surface area contributed by atoms with Crippen LogP contribution in [0, 0.1) is 0 Å². The van der Waals surface area contributed by atoms with E-state index >= 15 is 0 Å². The molecule has 0 saturated carbocycles. The first kappa shape index (κ1) is 49.5. The number of aromatic nitrogens is 2. The summed E-state index contributed by atoms with van der Waals surface area (Å²) in [6.07, 6.45) is 3.45. The van der Waals surface area contributed by atoms with Crippen molar-refractivity contribution in [2.24, 2.45) is 20.0 Å². The minimum absolute atomic E-state index is 0. The zero-order chi connectivity index (χ0) is 46.8. The molecule has 4 atom stereocenters. The second kappa shape index (κ2) is 21.3. The van der Waals surface area contributed by atoms with E-state index in [1.54, 1.807) is 0 Å². The molecule has 0 aliphatic carbocycles. The number of ether oxygens (including phenoxy) is 4. The zero-order valence-electron chi connectivity index (χ0n) is 36.3. The molecular formula is C50H46CuF6N6O4P. The number of pyridine rings is 2. The summed E-state index contributed by atoms with van der Waals surface area (Å²) in [7, 11) is -10.7. The van der Waals surface area contributed by atoms with E-state index in [1.165, 1.54) is 22.3 Å². The molecule has 4 aliphatic heterocycles. The number of halogens is 6. The molecule has 358 valence electrons. The van der Waals surface area contributed by atoms with Crippen molar-refractivity contribution >= 4 is 31.4 Å². The fourth-order valence-corrected chi connectivity index (χ4v) is 7.53. The minimum atomic E-state index is -10.7. The van der Waals surface area contributed by atoms with Crippen LogP contribution in [0.2, 0.25) is 0 Å². The second-order valence-corrected chi connectivity index (χ2v) is 18.0. The van der Waals surface area contributed by atoms with E-state index in [0.29, 0.717) is 50.0 Å². The maximum atomic E-state index is 9.87. The number of rotatable bonds is 12. The third-order valence-corrected chi connectivity index (χ3v) is 10.5. The van der Waals surface area contributed by atoms with Gasteiger partial charge in [0, 0.05) is 0 Å². The molecule has 0 saturated heterocycles. The Kier molecular flexibility index (Phi) is 15.5. The predicted molar refractivity (Wildman–Crippen MR) is 248 cm³/mol. The average Bonchev–Trinajstić information content (AvgIpc) is 4.17. The van der Waals surface area contributed by atoms with Crippen molar-refractivity contribution in [3.05, 3.63) is 203 Å². The van der Waals surface area contributed by atoms with E-state index in [2.05, 4.69) is 48.5 Å². The normalized spacial score (nSPS) is 20.3. The third kappa shape index (κ3) is 15.9. The predicted octanol–water partition coefficient (Wildman–Crippen LogP) is 11.1. The van der Waals surface area contributed by atoms with Crippen LogP contribution in [-0.4, -0.2) is 84.2 Å². The van der Waals surface area contributed by atoms with E-state index < -0.39 is 7.81 Å². The molecule has 0 fully saturated rings. The third-order valence-electron chi connectivity index (χ3n) is 10.5. The van der Waals surface area contributed by atoms with Gasteiger partial charge in [-0.1, -0.05) is 133 Å². The van der Waals surface area contributed by atoms with Crippen molar-refractivity contribution < 1.29 is 61.2 Å². The molecule has 0 amide bonds. The van der Waals surface area contributed by atoms with Crippen molar-refractivity contribution in [3.8, 4) is 0 Å². The first-order chi connectivity index (χ1) is 32.1. The number of nitrogens with zero attached hydrogens (tertiary/aromatic N) is 6. The van der Waals surface area contributed by atoms with E-state index in [-0.39, 0.29) is 41.2 Å². The van der Waals surface area contributed by atoms with Gasteiger partial charge in [0.1, 0.15) is 49.2 Å². The Labute approximate surface area is 400 Å². The monoisotopic (exact) mass is 1000 g/mol. The molecule has 68 heavy (non-hydrogen) atoms. The Morgan fingerprint density at radius 2 is 0.544 bits per heavy atom. The Morgan fingerprint density at radius 3 is 0.750 bits per heavy atom. The maximum Gasteiger partial charge on any atom is 1.00 e. The molecule has 4 aromatic carbocycles. The van der Waals surface area contributed by atoms with Gasteiger partial charge < -0.3 is 18.9 Å². The van der Waals surface area contributed by atoms with Crippen LogP contribution in [0.4, 0.5) is 25.2 Å². The van der Waals surface area contributed by atoms with Crippen molar-refractivity contribution in [2.45, 2.75) is 49.9 Å². The fourth-order valence-electron chi connectivity index (χ4n) is 7.53. The Balaban J connectivity index is 0.000000175. The Morgan fingerprint density at radius 1 is 0.338 bits per heavy atom. The number of benzene rings is 4. The number of hydrogen-bond acceptors (Lipinski definition) is 10. The molecule has 10 nitrogen and oxygen atoms in total. The van der Waals surface area contributed by atoms with E-state index in [4.69, 9.17) is 48.9 Å². The fraction of sp³-hybridized carbons (Fsp3) is 0.240. The van der Waals surface area contributed by atoms with Crippen LogP contribution < -0.4 is 0 Å². The quantitative estimate of drug-likeness (QED) is 0.0686. The van der Waals surface area contributed by atoms with Gasteiger partial charge in [-0.3, -0.25) is 0 Å². The van der Waals surface area contributed by atoms with E-state index in [1.807, 2.05) is 109 Å². The minimum Gasteiger partial charge on any atom is -0.474 e. The van der Waals surface area contributed by atoms with Gasteiger partial charge in [-0.05, 0) is 72.2 Å². The maximum absolute atomic E-state index is 10.7. The second-order valence-electron chi connectivity index (χ2n) is 16.1. The molecule has 0 bridgehead atoms. The standard InChI is InChI=1S/2C25H23N3O2.Cu.F6P/c2*1-3-8-18(9-4-1)14-20-16-29-24(26-20)22-12-7-13-23(28-22)25-27-21(17-30-25)15-19-10-5-2-6-11-19;;1-7(2,3,4,5)6/h2*1-13,20-21H,14-17H2;;/q;;+1;-1/t2*20-,21-;;/m11../s1. The zero-order valence-corrected chi connectivity index (χ0v) is 38.1. The largest absolute Gasteiger partial charge is 1.00 e. The first-order valence-corrected chi connectivity index (χ1v) is 23.6. The van der Waals surface area contributed by atoms with E-state index in [0.717, 1.165) is 48.5 Å². The summed E-state index contributed by atoms with van der Waals surface area (Å²) < 4.78 is 82.6. The van der Waals surface area contributed by atoms with Crippen LogP contribution in [0.25, 0.3) is 0 Å². The Bertz CT molecular complexity index is 2390. The van der Waals surface area contributed by atoms with Gasteiger partial charge in [-0.2, -0.15) is 0 Å². The number of aliphatic imine (C=N–C) groups is 4. The molecular weight excluding hydrogens is 957 g/mol. The molecule has 10 rings (SSSR count).